The summed E-state index contributed by atoms with van der Waals surface area (Å²) in [5.74, 6) is -0.251. The van der Waals surface area contributed by atoms with E-state index >= 15 is 0 Å². The van der Waals surface area contributed by atoms with E-state index in [9.17, 15) is 9.59 Å². The first-order valence-corrected chi connectivity index (χ1v) is 12.2. The smallest absolute Gasteiger partial charge is 0.355 e. The van der Waals surface area contributed by atoms with Crippen molar-refractivity contribution in [1.82, 2.24) is 9.97 Å². The summed E-state index contributed by atoms with van der Waals surface area (Å²) >= 11 is 0. The van der Waals surface area contributed by atoms with Crippen LogP contribution in [0.15, 0.2) is 24.3 Å². The first kappa shape index (κ1) is 26.1. The van der Waals surface area contributed by atoms with Crippen molar-refractivity contribution in [2.75, 3.05) is 20.3 Å². The van der Waals surface area contributed by atoms with Gasteiger partial charge in [-0.3, -0.25) is 0 Å². The molecule has 2 heterocycles. The lowest BCUT2D eigenvalue weighted by molar-refractivity contribution is 0.0509. The van der Waals surface area contributed by atoms with Crippen LogP contribution >= 0.6 is 0 Å². The lowest BCUT2D eigenvalue weighted by Crippen LogP contribution is -2.10. The highest BCUT2D eigenvalue weighted by Crippen LogP contribution is 2.39. The molecule has 2 aromatic heterocycles. The molecule has 0 saturated heterocycles. The van der Waals surface area contributed by atoms with E-state index in [0.29, 0.717) is 37.4 Å². The summed E-state index contributed by atoms with van der Waals surface area (Å²) in [6.45, 7) is 12.3. The van der Waals surface area contributed by atoms with Gasteiger partial charge in [0.25, 0.3) is 0 Å². The van der Waals surface area contributed by atoms with Gasteiger partial charge in [-0.05, 0) is 80.5 Å². The number of carbonyl (C=O) groups excluding carboxylic acids is 2. The third kappa shape index (κ3) is 4.99. The Bertz CT molecular complexity index is 1120. The highest BCUT2D eigenvalue weighted by atomic mass is 16.5. The van der Waals surface area contributed by atoms with E-state index < -0.39 is 0 Å². The predicted molar refractivity (Wildman–Crippen MR) is 136 cm³/mol. The molecule has 1 aromatic carbocycles. The fourth-order valence-corrected chi connectivity index (χ4v) is 4.80. The molecule has 3 aromatic rings. The average molecular weight is 481 g/mol. The van der Waals surface area contributed by atoms with E-state index in [0.717, 1.165) is 45.0 Å². The second-order valence-electron chi connectivity index (χ2n) is 8.39. The van der Waals surface area contributed by atoms with Gasteiger partial charge in [0.1, 0.15) is 17.1 Å². The summed E-state index contributed by atoms with van der Waals surface area (Å²) in [4.78, 5) is 32.3. The minimum Gasteiger partial charge on any atom is -0.497 e. The number of nitrogens with one attached hydrogen (secondary N) is 2. The van der Waals surface area contributed by atoms with Crippen LogP contribution in [-0.4, -0.2) is 42.2 Å². The molecule has 7 nitrogen and oxygen atoms in total. The third-order valence-electron chi connectivity index (χ3n) is 6.53. The van der Waals surface area contributed by atoms with Crippen molar-refractivity contribution in [1.29, 1.82) is 0 Å². The molecule has 0 amide bonds. The number of hydrogen-bond donors (Lipinski definition) is 2. The van der Waals surface area contributed by atoms with E-state index in [1.54, 1.807) is 21.0 Å². The normalized spacial score (nSPS) is 11.1. The second kappa shape index (κ2) is 11.3. The Morgan fingerprint density at radius 2 is 1.20 bits per heavy atom. The Morgan fingerprint density at radius 1 is 0.771 bits per heavy atom. The van der Waals surface area contributed by atoms with Crippen molar-refractivity contribution in [2.24, 2.45) is 0 Å². The molecule has 0 aliphatic carbocycles. The highest BCUT2D eigenvalue weighted by molar-refractivity contribution is 5.91. The SMILES string of the molecule is CCOC(=O)c1[nH]c(C(c2ccc(OC)cc2)c2[nH]c(C(=O)OCC)c(CC)c2C)c(C)c1CC. The molecule has 0 atom stereocenters. The van der Waals surface area contributed by atoms with Gasteiger partial charge in [0.15, 0.2) is 0 Å². The van der Waals surface area contributed by atoms with E-state index in [2.05, 4.69) is 9.97 Å². The molecular formula is C28H36N2O5. The molecule has 0 radical (unpaired) electrons. The Labute approximate surface area is 207 Å². The maximum Gasteiger partial charge on any atom is 0.355 e. The molecule has 0 fully saturated rings. The molecule has 0 aliphatic heterocycles. The van der Waals surface area contributed by atoms with Gasteiger partial charge in [-0.2, -0.15) is 0 Å². The predicted octanol–water partition coefficient (Wildman–Crippen LogP) is 5.63. The number of benzene rings is 1. The number of aromatic nitrogens is 2. The third-order valence-corrected chi connectivity index (χ3v) is 6.53. The van der Waals surface area contributed by atoms with Gasteiger partial charge in [0, 0.05) is 11.4 Å². The average Bonchev–Trinajstić information content (AvgIpc) is 3.36. The zero-order valence-corrected chi connectivity index (χ0v) is 21.8. The van der Waals surface area contributed by atoms with Crippen LogP contribution in [-0.2, 0) is 22.3 Å². The van der Waals surface area contributed by atoms with Gasteiger partial charge < -0.3 is 24.2 Å². The van der Waals surface area contributed by atoms with Gasteiger partial charge in [-0.15, -0.1) is 0 Å². The van der Waals surface area contributed by atoms with Crippen LogP contribution in [0.25, 0.3) is 0 Å². The number of aromatic amines is 2. The van der Waals surface area contributed by atoms with E-state index in [4.69, 9.17) is 14.2 Å². The summed E-state index contributed by atoms with van der Waals surface area (Å²) in [6.07, 6.45) is 1.37. The van der Waals surface area contributed by atoms with E-state index in [-0.39, 0.29) is 17.9 Å². The molecule has 35 heavy (non-hydrogen) atoms. The maximum atomic E-state index is 12.8. The standard InChI is InChI=1S/C28H36N2O5/c1-8-20-16(5)23(29-25(20)27(31)34-10-3)22(18-12-14-19(33-7)15-13-18)24-17(6)21(9-2)26(30-24)28(32)35-11-4/h12-15,22,29-30H,8-11H2,1-7H3. The number of carbonyl (C=O) groups is 2. The quantitative estimate of drug-likeness (QED) is 0.367. The van der Waals surface area contributed by atoms with Gasteiger partial charge >= 0.3 is 11.9 Å². The number of esters is 2. The van der Waals surface area contributed by atoms with Crippen molar-refractivity contribution in [3.63, 3.8) is 0 Å². The number of rotatable bonds is 10. The highest BCUT2D eigenvalue weighted by Gasteiger charge is 2.31. The monoisotopic (exact) mass is 480 g/mol. The molecule has 2 N–H and O–H groups in total. The topological polar surface area (TPSA) is 93.4 Å². The molecule has 0 unspecified atom stereocenters. The first-order chi connectivity index (χ1) is 16.8. The fourth-order valence-electron chi connectivity index (χ4n) is 4.80. The molecule has 3 rings (SSSR count). The minimum absolute atomic E-state index is 0.275. The summed E-state index contributed by atoms with van der Waals surface area (Å²) in [5, 5.41) is 0. The van der Waals surface area contributed by atoms with Crippen molar-refractivity contribution >= 4 is 11.9 Å². The van der Waals surface area contributed by atoms with Crippen molar-refractivity contribution in [2.45, 2.75) is 60.3 Å². The lowest BCUT2D eigenvalue weighted by Gasteiger charge is -2.19. The molecule has 7 heteroatoms. The lowest BCUT2D eigenvalue weighted by atomic mass is 9.87. The maximum absolute atomic E-state index is 12.8. The largest absolute Gasteiger partial charge is 0.497 e. The molecule has 188 valence electrons. The zero-order chi connectivity index (χ0) is 25.7. The molecule has 0 bridgehead atoms. The van der Waals surface area contributed by atoms with E-state index in [1.807, 2.05) is 52.0 Å². The van der Waals surface area contributed by atoms with Crippen LogP contribution in [0, 0.1) is 13.8 Å². The van der Waals surface area contributed by atoms with Crippen LogP contribution in [0.1, 0.15) is 93.8 Å². The first-order valence-electron chi connectivity index (χ1n) is 12.2. The van der Waals surface area contributed by atoms with Gasteiger partial charge in [0.05, 0.1) is 26.2 Å². The van der Waals surface area contributed by atoms with Crippen LogP contribution in [0.4, 0.5) is 0 Å². The van der Waals surface area contributed by atoms with Crippen LogP contribution < -0.4 is 4.74 Å². The summed E-state index contributed by atoms with van der Waals surface area (Å²) < 4.78 is 16.0. The minimum atomic E-state index is -0.364. The van der Waals surface area contributed by atoms with Gasteiger partial charge in [-0.25, -0.2) is 9.59 Å². The zero-order valence-electron chi connectivity index (χ0n) is 21.8. The Hall–Kier alpha value is -3.48. The Balaban J connectivity index is 2.29. The summed E-state index contributed by atoms with van der Waals surface area (Å²) in [6, 6.07) is 7.85. The summed E-state index contributed by atoms with van der Waals surface area (Å²) in [7, 11) is 1.63. The van der Waals surface area contributed by atoms with E-state index in [1.165, 1.54) is 0 Å². The van der Waals surface area contributed by atoms with Crippen molar-refractivity contribution < 1.29 is 23.8 Å². The molecule has 0 spiro atoms. The molecule has 0 saturated carbocycles. The Kier molecular flexibility index (Phi) is 8.43. The second-order valence-corrected chi connectivity index (χ2v) is 8.39. The van der Waals surface area contributed by atoms with Crippen molar-refractivity contribution in [3.8, 4) is 5.75 Å². The number of hydrogen-bond acceptors (Lipinski definition) is 5. The van der Waals surface area contributed by atoms with Crippen LogP contribution in [0.2, 0.25) is 0 Å². The number of ether oxygens (including phenoxy) is 3. The molecular weight excluding hydrogens is 444 g/mol. The number of methoxy groups -OCH3 is 1. The van der Waals surface area contributed by atoms with Gasteiger partial charge in [-0.1, -0.05) is 26.0 Å². The van der Waals surface area contributed by atoms with Crippen LogP contribution in [0.3, 0.4) is 0 Å². The Morgan fingerprint density at radius 3 is 1.54 bits per heavy atom. The number of H-pyrrole nitrogens is 2. The van der Waals surface area contributed by atoms with Gasteiger partial charge in [0.2, 0.25) is 0 Å². The van der Waals surface area contributed by atoms with Crippen LogP contribution in [0.5, 0.6) is 5.75 Å². The molecule has 0 aliphatic rings. The van der Waals surface area contributed by atoms with Crippen molar-refractivity contribution in [3.05, 3.63) is 74.9 Å². The fraction of sp³-hybridized carbons (Fsp3) is 0.429. The summed E-state index contributed by atoms with van der Waals surface area (Å²) in [5.41, 5.74) is 7.59.